The van der Waals surface area contributed by atoms with E-state index in [1.165, 1.54) is 5.56 Å². The molecule has 1 fully saturated rings. The molecule has 1 aromatic carbocycles. The molecule has 32 heavy (non-hydrogen) atoms. The second kappa shape index (κ2) is 8.19. The summed E-state index contributed by atoms with van der Waals surface area (Å²) in [5.41, 5.74) is 7.17. The zero-order valence-corrected chi connectivity index (χ0v) is 18.1. The van der Waals surface area contributed by atoms with Gasteiger partial charge < -0.3 is 10.1 Å². The van der Waals surface area contributed by atoms with Gasteiger partial charge in [0.1, 0.15) is 12.7 Å². The monoisotopic (exact) mass is 428 g/mol. The highest BCUT2D eigenvalue weighted by Gasteiger charge is 2.28. The van der Waals surface area contributed by atoms with Gasteiger partial charge >= 0.3 is 5.97 Å². The number of carbonyl (C=O) groups is 1. The van der Waals surface area contributed by atoms with Gasteiger partial charge in [-0.05, 0) is 43.2 Å². The summed E-state index contributed by atoms with van der Waals surface area (Å²) in [5.74, 6) is -0.225. The minimum atomic E-state index is -0.225. The van der Waals surface area contributed by atoms with E-state index >= 15 is 0 Å². The van der Waals surface area contributed by atoms with E-state index in [0.29, 0.717) is 23.4 Å². The fourth-order valence-corrected chi connectivity index (χ4v) is 4.48. The van der Waals surface area contributed by atoms with Gasteiger partial charge in [-0.1, -0.05) is 6.07 Å². The number of carbonyl (C=O) groups excluding carboxylic acids is 1. The molecule has 3 aromatic rings. The SMILES string of the molecule is Cc1nn(-c2ccc(CN3CCNC(c4ccc5c(c4C)COC5=O)C3)nc2)cc1C#N. The van der Waals surface area contributed by atoms with Gasteiger partial charge in [0.2, 0.25) is 0 Å². The van der Waals surface area contributed by atoms with Gasteiger partial charge in [-0.25, -0.2) is 9.48 Å². The van der Waals surface area contributed by atoms with Crippen LogP contribution in [0.2, 0.25) is 0 Å². The number of pyridine rings is 1. The summed E-state index contributed by atoms with van der Waals surface area (Å²) in [4.78, 5) is 18.9. The van der Waals surface area contributed by atoms with Gasteiger partial charge in [-0.3, -0.25) is 9.88 Å². The van der Waals surface area contributed by atoms with Crippen LogP contribution < -0.4 is 5.32 Å². The van der Waals surface area contributed by atoms with Crippen LogP contribution >= 0.6 is 0 Å². The van der Waals surface area contributed by atoms with Gasteiger partial charge in [-0.2, -0.15) is 10.4 Å². The number of nitrogens with one attached hydrogen (secondary N) is 1. The van der Waals surface area contributed by atoms with Crippen LogP contribution in [0.4, 0.5) is 0 Å². The third-order valence-corrected chi connectivity index (χ3v) is 6.32. The zero-order valence-electron chi connectivity index (χ0n) is 18.1. The number of cyclic esters (lactones) is 1. The number of aryl methyl sites for hydroxylation is 1. The molecule has 0 amide bonds. The van der Waals surface area contributed by atoms with Crippen molar-refractivity contribution in [2.75, 3.05) is 19.6 Å². The molecular weight excluding hydrogens is 404 g/mol. The van der Waals surface area contributed by atoms with Crippen LogP contribution in [0.15, 0.2) is 36.7 Å². The maximum atomic E-state index is 11.8. The van der Waals surface area contributed by atoms with Crippen molar-refractivity contribution in [3.8, 4) is 11.8 Å². The van der Waals surface area contributed by atoms with Crippen molar-refractivity contribution in [1.82, 2.24) is 25.0 Å². The van der Waals surface area contributed by atoms with E-state index in [4.69, 9.17) is 10.00 Å². The summed E-state index contributed by atoms with van der Waals surface area (Å²) in [5, 5.41) is 17.1. The van der Waals surface area contributed by atoms with Gasteiger partial charge in [0.15, 0.2) is 0 Å². The molecule has 0 spiro atoms. The van der Waals surface area contributed by atoms with Crippen molar-refractivity contribution in [2.45, 2.75) is 33.0 Å². The number of fused-ring (bicyclic) bond motifs is 1. The Labute approximate surface area is 186 Å². The molecule has 0 saturated carbocycles. The quantitative estimate of drug-likeness (QED) is 0.638. The Bertz CT molecular complexity index is 1220. The summed E-state index contributed by atoms with van der Waals surface area (Å²) >= 11 is 0. The van der Waals surface area contributed by atoms with E-state index in [1.54, 1.807) is 17.1 Å². The van der Waals surface area contributed by atoms with Gasteiger partial charge in [0.05, 0.1) is 34.4 Å². The fourth-order valence-electron chi connectivity index (χ4n) is 4.48. The van der Waals surface area contributed by atoms with Crippen molar-refractivity contribution in [2.24, 2.45) is 0 Å². The third kappa shape index (κ3) is 3.66. The summed E-state index contributed by atoms with van der Waals surface area (Å²) in [6.07, 6.45) is 3.52. The molecule has 162 valence electrons. The zero-order chi connectivity index (χ0) is 22.2. The van der Waals surface area contributed by atoms with Crippen molar-refractivity contribution in [1.29, 1.82) is 5.26 Å². The molecule has 8 heteroatoms. The first-order valence-corrected chi connectivity index (χ1v) is 10.7. The summed E-state index contributed by atoms with van der Waals surface area (Å²) in [6, 6.07) is 10.3. The minimum Gasteiger partial charge on any atom is -0.457 e. The van der Waals surface area contributed by atoms with E-state index in [1.807, 2.05) is 25.1 Å². The molecule has 2 aliphatic heterocycles. The minimum absolute atomic E-state index is 0.195. The number of rotatable bonds is 4. The lowest BCUT2D eigenvalue weighted by atomic mass is 9.93. The van der Waals surface area contributed by atoms with Crippen LogP contribution in [0, 0.1) is 25.2 Å². The molecular formula is C24H24N6O2. The fraction of sp³-hybridized carbons (Fsp3) is 0.333. The van der Waals surface area contributed by atoms with Crippen LogP contribution in [-0.2, 0) is 17.9 Å². The number of nitriles is 1. The van der Waals surface area contributed by atoms with Crippen LogP contribution in [0.3, 0.4) is 0 Å². The molecule has 1 N–H and O–H groups in total. The standard InChI is InChI=1S/C24H24N6O2/c1-15-20(5-6-21-22(15)14-32-24(21)31)23-13-29(8-7-26-23)12-18-3-4-19(10-27-18)30-11-17(9-25)16(2)28-30/h3-6,10-11,23,26H,7-8,12-14H2,1-2H3. The average Bonchev–Trinajstić information content (AvgIpc) is 3.37. The van der Waals surface area contributed by atoms with Crippen LogP contribution in [0.1, 0.15) is 50.0 Å². The maximum absolute atomic E-state index is 11.8. The number of hydrogen-bond donors (Lipinski definition) is 1. The highest BCUT2D eigenvalue weighted by molar-refractivity contribution is 5.94. The number of hydrogen-bond acceptors (Lipinski definition) is 7. The average molecular weight is 428 g/mol. The third-order valence-electron chi connectivity index (χ3n) is 6.32. The Hall–Kier alpha value is -3.54. The van der Waals surface area contributed by atoms with Crippen molar-refractivity contribution in [3.63, 3.8) is 0 Å². The van der Waals surface area contributed by atoms with Gasteiger partial charge in [0.25, 0.3) is 0 Å². The van der Waals surface area contributed by atoms with E-state index < -0.39 is 0 Å². The normalized spacial score (nSPS) is 18.3. The lowest BCUT2D eigenvalue weighted by Gasteiger charge is -2.34. The number of benzene rings is 1. The molecule has 1 saturated heterocycles. The van der Waals surface area contributed by atoms with Gasteiger partial charge in [0, 0.05) is 44.0 Å². The molecule has 2 aliphatic rings. The second-order valence-electron chi connectivity index (χ2n) is 8.32. The van der Waals surface area contributed by atoms with E-state index in [2.05, 4.69) is 39.4 Å². The first-order valence-electron chi connectivity index (χ1n) is 10.7. The molecule has 1 unspecified atom stereocenters. The van der Waals surface area contributed by atoms with Crippen LogP contribution in [0.5, 0.6) is 0 Å². The van der Waals surface area contributed by atoms with E-state index in [0.717, 1.165) is 48.7 Å². The van der Waals surface area contributed by atoms with Crippen LogP contribution in [-0.4, -0.2) is 45.3 Å². The molecule has 2 aromatic heterocycles. The second-order valence-corrected chi connectivity index (χ2v) is 8.32. The molecule has 8 nitrogen and oxygen atoms in total. The predicted octanol–water partition coefficient (Wildman–Crippen LogP) is 2.57. The Morgan fingerprint density at radius 1 is 1.28 bits per heavy atom. The Morgan fingerprint density at radius 2 is 2.16 bits per heavy atom. The molecule has 4 heterocycles. The number of esters is 1. The smallest absolute Gasteiger partial charge is 0.338 e. The molecule has 5 rings (SSSR count). The first-order chi connectivity index (χ1) is 15.5. The van der Waals surface area contributed by atoms with Gasteiger partial charge in [-0.15, -0.1) is 0 Å². The highest BCUT2D eigenvalue weighted by Crippen LogP contribution is 2.30. The van der Waals surface area contributed by atoms with E-state index in [-0.39, 0.29) is 12.0 Å². The molecule has 0 bridgehead atoms. The summed E-state index contributed by atoms with van der Waals surface area (Å²) < 4.78 is 6.89. The Morgan fingerprint density at radius 3 is 2.91 bits per heavy atom. The molecule has 0 aliphatic carbocycles. The number of piperazine rings is 1. The largest absolute Gasteiger partial charge is 0.457 e. The summed E-state index contributed by atoms with van der Waals surface area (Å²) in [7, 11) is 0. The Balaban J connectivity index is 1.29. The number of nitrogens with zero attached hydrogens (tertiary/aromatic N) is 5. The van der Waals surface area contributed by atoms with Crippen molar-refractivity contribution in [3.05, 3.63) is 75.9 Å². The maximum Gasteiger partial charge on any atom is 0.338 e. The molecule has 0 radical (unpaired) electrons. The van der Waals surface area contributed by atoms with Crippen LogP contribution in [0.25, 0.3) is 5.69 Å². The lowest BCUT2D eigenvalue weighted by molar-refractivity contribution is 0.0535. The summed E-state index contributed by atoms with van der Waals surface area (Å²) in [6.45, 7) is 7.71. The Kier molecular flexibility index (Phi) is 5.21. The first kappa shape index (κ1) is 20.4. The lowest BCUT2D eigenvalue weighted by Crippen LogP contribution is -2.45. The topological polar surface area (TPSA) is 96.1 Å². The highest BCUT2D eigenvalue weighted by atomic mass is 16.5. The van der Waals surface area contributed by atoms with Crippen molar-refractivity contribution < 1.29 is 9.53 Å². The van der Waals surface area contributed by atoms with Crippen molar-refractivity contribution >= 4 is 5.97 Å². The predicted molar refractivity (Wildman–Crippen MR) is 117 cm³/mol. The number of aromatic nitrogens is 3. The molecule has 1 atom stereocenters. The van der Waals surface area contributed by atoms with E-state index in [9.17, 15) is 4.79 Å². The number of ether oxygens (including phenoxy) is 1.